The fourth-order valence-electron chi connectivity index (χ4n) is 0.596. The van der Waals surface area contributed by atoms with E-state index in [0.717, 1.165) is 0 Å². The Labute approximate surface area is 75.1 Å². The lowest BCUT2D eigenvalue weighted by Crippen LogP contribution is -2.31. The van der Waals surface area contributed by atoms with Crippen LogP contribution in [0.15, 0.2) is 11.0 Å². The smallest absolute Gasteiger partial charge is 0.214 e. The van der Waals surface area contributed by atoms with Crippen LogP contribution in [0.25, 0.3) is 0 Å². The summed E-state index contributed by atoms with van der Waals surface area (Å²) < 4.78 is 91.0. The molecule has 0 fully saturated rings. The lowest BCUT2D eigenvalue weighted by molar-refractivity contribution is -0.0894. The Morgan fingerprint density at radius 2 is 1.43 bits per heavy atom. The van der Waals surface area contributed by atoms with Gasteiger partial charge in [-0.25, -0.2) is 8.42 Å². The van der Waals surface area contributed by atoms with Crippen LogP contribution in [0.4, 0.5) is 26.3 Å². The number of hydrogen-bond acceptors (Lipinski definition) is 2. The van der Waals surface area contributed by atoms with Gasteiger partial charge >= 0.3 is 11.7 Å². The van der Waals surface area contributed by atoms with Crippen molar-refractivity contribution in [3.05, 3.63) is 11.0 Å². The van der Waals surface area contributed by atoms with E-state index in [-0.39, 0.29) is 6.08 Å². The monoisotopic (exact) mass is 242 g/mol. The van der Waals surface area contributed by atoms with Crippen LogP contribution in [0.1, 0.15) is 6.92 Å². The van der Waals surface area contributed by atoms with Crippen molar-refractivity contribution in [3.8, 4) is 0 Å². The molecule has 14 heavy (non-hydrogen) atoms. The second kappa shape index (κ2) is 3.44. The number of halogens is 6. The summed E-state index contributed by atoms with van der Waals surface area (Å²) in [6.07, 6.45) is -5.67. The molecule has 0 bridgehead atoms. The summed E-state index contributed by atoms with van der Waals surface area (Å²) in [5, 5.41) is 0. The van der Waals surface area contributed by atoms with Crippen molar-refractivity contribution < 1.29 is 34.8 Å². The Morgan fingerprint density at radius 3 is 1.50 bits per heavy atom. The first-order valence-corrected chi connectivity index (χ1v) is 4.47. The van der Waals surface area contributed by atoms with Crippen LogP contribution in [-0.4, -0.2) is 20.1 Å². The predicted octanol–water partition coefficient (Wildman–Crippen LogP) is 2.39. The summed E-state index contributed by atoms with van der Waals surface area (Å²) in [4.78, 5) is -2.60. The first kappa shape index (κ1) is 13.3. The zero-order valence-corrected chi connectivity index (χ0v) is 7.39. The lowest BCUT2D eigenvalue weighted by atomic mass is 10.5. The van der Waals surface area contributed by atoms with Crippen molar-refractivity contribution in [2.75, 3.05) is 0 Å². The third kappa shape index (κ3) is 2.40. The van der Waals surface area contributed by atoms with Gasteiger partial charge in [-0.3, -0.25) is 0 Å². The molecule has 84 valence electrons. The fourth-order valence-corrected chi connectivity index (χ4v) is 1.46. The highest BCUT2D eigenvalue weighted by Crippen LogP contribution is 2.38. The van der Waals surface area contributed by atoms with Crippen LogP contribution in [-0.2, 0) is 9.84 Å². The zero-order chi connectivity index (χ0) is 11.8. The molecule has 0 unspecified atom stereocenters. The van der Waals surface area contributed by atoms with Crippen molar-refractivity contribution in [1.82, 2.24) is 0 Å². The second-order valence-electron chi connectivity index (χ2n) is 2.10. The van der Waals surface area contributed by atoms with Gasteiger partial charge in [-0.2, -0.15) is 26.3 Å². The molecule has 0 aromatic heterocycles. The maximum absolute atomic E-state index is 11.8. The van der Waals surface area contributed by atoms with Gasteiger partial charge in [-0.15, -0.1) is 0 Å². The van der Waals surface area contributed by atoms with E-state index in [1.54, 1.807) is 0 Å². The van der Waals surface area contributed by atoms with Crippen molar-refractivity contribution in [2.24, 2.45) is 0 Å². The van der Waals surface area contributed by atoms with Crippen LogP contribution in [0.3, 0.4) is 0 Å². The molecule has 0 saturated carbocycles. The van der Waals surface area contributed by atoms with Gasteiger partial charge in [0.05, 0.1) is 0 Å². The van der Waals surface area contributed by atoms with E-state index in [2.05, 4.69) is 0 Å². The molecule has 0 aliphatic rings. The number of sulfone groups is 1. The van der Waals surface area contributed by atoms with E-state index < -0.39 is 26.4 Å². The summed E-state index contributed by atoms with van der Waals surface area (Å²) in [5.41, 5.74) is -5.94. The molecule has 2 nitrogen and oxygen atoms in total. The summed E-state index contributed by atoms with van der Waals surface area (Å²) in [5.74, 6) is 0. The minimum absolute atomic E-state index is 0.136. The topological polar surface area (TPSA) is 34.1 Å². The van der Waals surface area contributed by atoms with Crippen molar-refractivity contribution >= 4 is 9.84 Å². The molecule has 0 aliphatic heterocycles. The van der Waals surface area contributed by atoms with Crippen LogP contribution in [0.2, 0.25) is 0 Å². The van der Waals surface area contributed by atoms with Gasteiger partial charge in [-0.1, -0.05) is 6.08 Å². The van der Waals surface area contributed by atoms with Gasteiger partial charge in [0.2, 0.25) is 0 Å². The van der Waals surface area contributed by atoms with Crippen molar-refractivity contribution in [2.45, 2.75) is 18.6 Å². The van der Waals surface area contributed by atoms with E-state index in [4.69, 9.17) is 0 Å². The average molecular weight is 242 g/mol. The molecule has 0 atom stereocenters. The molecular formula is C5H4F6O2S. The number of allylic oxidation sites excluding steroid dienone is 2. The third-order valence-corrected chi connectivity index (χ3v) is 2.79. The van der Waals surface area contributed by atoms with Crippen LogP contribution >= 0.6 is 0 Å². The normalized spacial score (nSPS) is 15.8. The van der Waals surface area contributed by atoms with Gasteiger partial charge in [0.25, 0.3) is 9.84 Å². The van der Waals surface area contributed by atoms with E-state index >= 15 is 0 Å². The maximum atomic E-state index is 11.8. The molecule has 0 rings (SSSR count). The Morgan fingerprint density at radius 1 is 1.07 bits per heavy atom. The van der Waals surface area contributed by atoms with Gasteiger partial charge in [-0.05, 0) is 6.92 Å². The van der Waals surface area contributed by atoms with Gasteiger partial charge < -0.3 is 0 Å². The second-order valence-corrected chi connectivity index (χ2v) is 4.01. The first-order valence-electron chi connectivity index (χ1n) is 2.99. The minimum atomic E-state index is -6.31. The highest BCUT2D eigenvalue weighted by molar-refractivity contribution is 7.96. The van der Waals surface area contributed by atoms with E-state index in [1.165, 1.54) is 0 Å². The fraction of sp³-hybridized carbons (Fsp3) is 0.600. The molecule has 0 aliphatic carbocycles. The highest BCUT2D eigenvalue weighted by atomic mass is 32.2. The molecule has 0 aromatic rings. The Bertz CT molecular complexity index is 332. The van der Waals surface area contributed by atoms with Gasteiger partial charge in [0, 0.05) is 0 Å². The van der Waals surface area contributed by atoms with Crippen LogP contribution in [0, 0.1) is 0 Å². The highest BCUT2D eigenvalue weighted by Gasteiger charge is 2.56. The molecule has 0 aromatic carbocycles. The molecule has 0 heterocycles. The van der Waals surface area contributed by atoms with Crippen LogP contribution < -0.4 is 0 Å². The van der Waals surface area contributed by atoms with Gasteiger partial charge in [0.1, 0.15) is 0 Å². The molecule has 0 spiro atoms. The standard InChI is InChI=1S/C5H4F6O2S/c1-2-3(4(6,7)8)14(12,13)5(9,10)11/h2H,1H3/b3-2-. The molecule has 0 N–H and O–H groups in total. The quantitative estimate of drug-likeness (QED) is 0.661. The largest absolute Gasteiger partial charge is 0.501 e. The minimum Gasteiger partial charge on any atom is -0.214 e. The van der Waals surface area contributed by atoms with E-state index in [9.17, 15) is 34.8 Å². The first-order chi connectivity index (χ1) is 5.94. The number of alkyl halides is 6. The van der Waals surface area contributed by atoms with Gasteiger partial charge in [0.15, 0.2) is 4.91 Å². The van der Waals surface area contributed by atoms with E-state index in [1.807, 2.05) is 0 Å². The summed E-state index contributed by atoms with van der Waals surface area (Å²) >= 11 is 0. The predicted molar refractivity (Wildman–Crippen MR) is 34.8 cm³/mol. The summed E-state index contributed by atoms with van der Waals surface area (Å²) in [6.45, 7) is 0.562. The maximum Gasteiger partial charge on any atom is 0.501 e. The number of hydrogen-bond donors (Lipinski definition) is 0. The zero-order valence-electron chi connectivity index (χ0n) is 6.57. The molecule has 0 amide bonds. The van der Waals surface area contributed by atoms with E-state index in [0.29, 0.717) is 6.92 Å². The molecule has 9 heteroatoms. The van der Waals surface area contributed by atoms with Crippen molar-refractivity contribution in [3.63, 3.8) is 0 Å². The average Bonchev–Trinajstić information content (AvgIpc) is 1.80. The summed E-state index contributed by atoms with van der Waals surface area (Å²) in [7, 11) is -6.31. The molecule has 0 radical (unpaired) electrons. The summed E-state index contributed by atoms with van der Waals surface area (Å²) in [6, 6.07) is 0. The Balaban J connectivity index is 5.55. The number of rotatable bonds is 1. The molecular weight excluding hydrogens is 238 g/mol. The Hall–Kier alpha value is -0.730. The SMILES string of the molecule is C/C=C(/C(F)(F)F)S(=O)(=O)C(F)(F)F. The lowest BCUT2D eigenvalue weighted by Gasteiger charge is -2.13. The third-order valence-electron chi connectivity index (χ3n) is 1.14. The van der Waals surface area contributed by atoms with Crippen molar-refractivity contribution in [1.29, 1.82) is 0 Å². The molecule has 0 saturated heterocycles. The Kier molecular flexibility index (Phi) is 3.27. The van der Waals surface area contributed by atoms with Crippen LogP contribution in [0.5, 0.6) is 0 Å².